The Kier molecular flexibility index (Phi) is 6.77. The number of anilines is 1. The summed E-state index contributed by atoms with van der Waals surface area (Å²) in [6.45, 7) is 8.67. The van der Waals surface area contributed by atoms with E-state index in [9.17, 15) is 9.59 Å². The van der Waals surface area contributed by atoms with E-state index in [2.05, 4.69) is 5.32 Å². The Balaban J connectivity index is 1.87. The number of thiophene rings is 1. The number of hydrogen-bond acceptors (Lipinski definition) is 6. The van der Waals surface area contributed by atoms with Crippen LogP contribution in [0.5, 0.6) is 0 Å². The number of amides is 1. The average molecular weight is 432 g/mol. The van der Waals surface area contributed by atoms with Gasteiger partial charge in [-0.15, -0.1) is 11.3 Å². The lowest BCUT2D eigenvalue weighted by atomic mass is 10.1. The van der Waals surface area contributed by atoms with Gasteiger partial charge in [0.2, 0.25) is 5.91 Å². The lowest BCUT2D eigenvalue weighted by Crippen LogP contribution is -2.26. The van der Waals surface area contributed by atoms with Gasteiger partial charge < -0.3 is 10.1 Å². The molecule has 2 heterocycles. The molecule has 154 valence electrons. The molecule has 0 atom stereocenters. The van der Waals surface area contributed by atoms with E-state index in [0.717, 1.165) is 32.1 Å². The lowest BCUT2D eigenvalue weighted by Gasteiger charge is -2.13. The Labute approximate surface area is 178 Å². The highest BCUT2D eigenvalue weighted by atomic mass is 32.2. The van der Waals surface area contributed by atoms with Crippen LogP contribution in [0.25, 0.3) is 10.2 Å². The zero-order chi connectivity index (χ0) is 21.1. The van der Waals surface area contributed by atoms with E-state index in [-0.39, 0.29) is 17.2 Å². The van der Waals surface area contributed by atoms with Gasteiger partial charge in [0, 0.05) is 17.7 Å². The third-order valence-corrected chi connectivity index (χ3v) is 6.93. The molecule has 29 heavy (non-hydrogen) atoms. The van der Waals surface area contributed by atoms with Crippen molar-refractivity contribution in [2.75, 3.05) is 24.8 Å². The second kappa shape index (κ2) is 9.11. The van der Waals surface area contributed by atoms with Gasteiger partial charge in [0.05, 0.1) is 24.3 Å². The van der Waals surface area contributed by atoms with Gasteiger partial charge in [-0.05, 0) is 44.4 Å². The van der Waals surface area contributed by atoms with Crippen LogP contribution in [-0.2, 0) is 16.1 Å². The van der Waals surface area contributed by atoms with Crippen LogP contribution in [0.1, 0.15) is 21.6 Å². The van der Waals surface area contributed by atoms with Crippen molar-refractivity contribution in [1.29, 1.82) is 0 Å². The monoisotopic (exact) mass is 431 g/mol. The molecule has 0 radical (unpaired) electrons. The average Bonchev–Trinajstić information content (AvgIpc) is 2.96. The van der Waals surface area contributed by atoms with E-state index in [1.807, 2.05) is 45.9 Å². The van der Waals surface area contributed by atoms with Gasteiger partial charge in [0.1, 0.15) is 4.83 Å². The molecule has 0 unspecified atom stereocenters. The molecule has 3 rings (SSSR count). The van der Waals surface area contributed by atoms with Crippen LogP contribution in [0, 0.1) is 27.7 Å². The summed E-state index contributed by atoms with van der Waals surface area (Å²) in [7, 11) is 1.60. The summed E-state index contributed by atoms with van der Waals surface area (Å²) < 4.78 is 6.77. The van der Waals surface area contributed by atoms with Crippen molar-refractivity contribution in [2.24, 2.45) is 0 Å². The van der Waals surface area contributed by atoms with Crippen LogP contribution in [0.2, 0.25) is 0 Å². The number of nitrogens with one attached hydrogen (secondary N) is 1. The molecule has 3 aromatic rings. The summed E-state index contributed by atoms with van der Waals surface area (Å²) in [5.74, 6) is 0.0424. The number of methoxy groups -OCH3 is 1. The van der Waals surface area contributed by atoms with E-state index in [4.69, 9.17) is 9.72 Å². The first kappa shape index (κ1) is 21.5. The number of benzene rings is 1. The SMILES string of the molecule is COCCn1c(SCC(=O)Nc2c(C)cccc2C)nc2sc(C)c(C)c2c1=O. The molecule has 2 aromatic heterocycles. The summed E-state index contributed by atoms with van der Waals surface area (Å²) in [4.78, 5) is 32.1. The highest BCUT2D eigenvalue weighted by molar-refractivity contribution is 7.99. The molecule has 0 saturated carbocycles. The molecule has 1 amide bonds. The number of aryl methyl sites for hydroxylation is 4. The third kappa shape index (κ3) is 4.55. The number of carbonyl (C=O) groups is 1. The maximum Gasteiger partial charge on any atom is 0.263 e. The third-order valence-electron chi connectivity index (χ3n) is 4.85. The van der Waals surface area contributed by atoms with E-state index < -0.39 is 0 Å². The number of hydrogen-bond donors (Lipinski definition) is 1. The molecule has 1 aromatic carbocycles. The molecular weight excluding hydrogens is 406 g/mol. The second-order valence-electron chi connectivity index (χ2n) is 6.91. The molecule has 8 heteroatoms. The van der Waals surface area contributed by atoms with Gasteiger partial charge in [0.15, 0.2) is 5.16 Å². The number of para-hydroxylation sites is 1. The summed E-state index contributed by atoms with van der Waals surface area (Å²) in [6, 6.07) is 5.90. The molecule has 1 N–H and O–H groups in total. The topological polar surface area (TPSA) is 73.2 Å². The fourth-order valence-corrected chi connectivity index (χ4v) is 5.01. The first-order chi connectivity index (χ1) is 13.8. The van der Waals surface area contributed by atoms with Crippen molar-refractivity contribution in [3.63, 3.8) is 0 Å². The minimum Gasteiger partial charge on any atom is -0.383 e. The van der Waals surface area contributed by atoms with Gasteiger partial charge >= 0.3 is 0 Å². The number of ether oxygens (including phenoxy) is 1. The van der Waals surface area contributed by atoms with Crippen LogP contribution < -0.4 is 10.9 Å². The van der Waals surface area contributed by atoms with Crippen LogP contribution in [0.4, 0.5) is 5.69 Å². The highest BCUT2D eigenvalue weighted by Crippen LogP contribution is 2.28. The van der Waals surface area contributed by atoms with E-state index in [1.165, 1.54) is 23.1 Å². The summed E-state index contributed by atoms with van der Waals surface area (Å²) in [6.07, 6.45) is 0. The maximum atomic E-state index is 13.1. The largest absolute Gasteiger partial charge is 0.383 e. The molecule has 0 aliphatic rings. The van der Waals surface area contributed by atoms with E-state index in [1.54, 1.807) is 11.7 Å². The Morgan fingerprint density at radius 3 is 2.59 bits per heavy atom. The Morgan fingerprint density at radius 2 is 1.93 bits per heavy atom. The first-order valence-electron chi connectivity index (χ1n) is 9.31. The predicted molar refractivity (Wildman–Crippen MR) is 120 cm³/mol. The molecule has 0 bridgehead atoms. The quantitative estimate of drug-likeness (QED) is 0.451. The van der Waals surface area contributed by atoms with Crippen LogP contribution in [0.15, 0.2) is 28.2 Å². The fourth-order valence-electron chi connectivity index (χ4n) is 3.12. The van der Waals surface area contributed by atoms with E-state index >= 15 is 0 Å². The lowest BCUT2D eigenvalue weighted by molar-refractivity contribution is -0.113. The van der Waals surface area contributed by atoms with Gasteiger partial charge in [-0.2, -0.15) is 0 Å². The first-order valence-corrected chi connectivity index (χ1v) is 11.1. The van der Waals surface area contributed by atoms with Crippen molar-refractivity contribution < 1.29 is 9.53 Å². The summed E-state index contributed by atoms with van der Waals surface area (Å²) in [5.41, 5.74) is 3.77. The van der Waals surface area contributed by atoms with Crippen molar-refractivity contribution in [3.8, 4) is 0 Å². The number of nitrogens with zero attached hydrogens (tertiary/aromatic N) is 2. The standard InChI is InChI=1S/C21H25N3O3S2/c1-12-7-6-8-13(2)18(12)22-16(25)11-28-21-23-19-17(14(3)15(4)29-19)20(26)24(21)9-10-27-5/h6-8H,9-11H2,1-5H3,(H,22,25). The summed E-state index contributed by atoms with van der Waals surface area (Å²) >= 11 is 2.78. The molecule has 0 saturated heterocycles. The van der Waals surface area contributed by atoms with Crippen molar-refractivity contribution in [1.82, 2.24) is 9.55 Å². The van der Waals surface area contributed by atoms with Crippen molar-refractivity contribution >= 4 is 44.9 Å². The van der Waals surface area contributed by atoms with Crippen molar-refractivity contribution in [3.05, 3.63) is 50.1 Å². The molecule has 0 spiro atoms. The number of aromatic nitrogens is 2. The Hall–Kier alpha value is -2.16. The number of fused-ring (bicyclic) bond motifs is 1. The van der Waals surface area contributed by atoms with Crippen LogP contribution >= 0.6 is 23.1 Å². The number of thioether (sulfide) groups is 1. The molecular formula is C21H25N3O3S2. The van der Waals surface area contributed by atoms with Crippen LogP contribution in [-0.4, -0.2) is 34.9 Å². The predicted octanol–water partition coefficient (Wildman–Crippen LogP) is 4.07. The van der Waals surface area contributed by atoms with Gasteiger partial charge in [-0.1, -0.05) is 30.0 Å². The van der Waals surface area contributed by atoms with Crippen LogP contribution in [0.3, 0.4) is 0 Å². The van der Waals surface area contributed by atoms with Crippen molar-refractivity contribution in [2.45, 2.75) is 39.4 Å². The molecule has 0 fully saturated rings. The Morgan fingerprint density at radius 1 is 1.24 bits per heavy atom. The smallest absolute Gasteiger partial charge is 0.263 e. The van der Waals surface area contributed by atoms with Gasteiger partial charge in [-0.25, -0.2) is 4.98 Å². The Bertz CT molecular complexity index is 1100. The zero-order valence-electron chi connectivity index (χ0n) is 17.3. The molecule has 0 aliphatic carbocycles. The highest BCUT2D eigenvalue weighted by Gasteiger charge is 2.18. The normalized spacial score (nSPS) is 11.2. The maximum absolute atomic E-state index is 13.1. The number of rotatable bonds is 7. The summed E-state index contributed by atoms with van der Waals surface area (Å²) in [5, 5.41) is 4.18. The zero-order valence-corrected chi connectivity index (χ0v) is 18.9. The minimum atomic E-state index is -0.126. The second-order valence-corrected chi connectivity index (χ2v) is 9.06. The fraction of sp³-hybridized carbons (Fsp3) is 0.381. The molecule has 6 nitrogen and oxygen atoms in total. The van der Waals surface area contributed by atoms with Gasteiger partial charge in [0.25, 0.3) is 5.56 Å². The minimum absolute atomic E-state index is 0.0773. The van der Waals surface area contributed by atoms with E-state index in [0.29, 0.717) is 23.7 Å². The number of carbonyl (C=O) groups excluding carboxylic acids is 1. The molecule has 0 aliphatic heterocycles. The van der Waals surface area contributed by atoms with Gasteiger partial charge in [-0.3, -0.25) is 14.2 Å².